The smallest absolute Gasteiger partial charge is 0.271 e. The van der Waals surface area contributed by atoms with E-state index in [1.54, 1.807) is 19.0 Å². The number of fused-ring (bicyclic) bond motifs is 1. The molecule has 4 heteroatoms. The Bertz CT molecular complexity index is 306. The fraction of sp³-hybridized carbons (Fsp3) is 0.500. The molecule has 0 radical (unpaired) electrons. The quantitative estimate of drug-likeness (QED) is 0.603. The third kappa shape index (κ3) is 1.36. The third-order valence-electron chi connectivity index (χ3n) is 2.47. The van der Waals surface area contributed by atoms with Crippen LogP contribution in [0.25, 0.3) is 0 Å². The summed E-state index contributed by atoms with van der Waals surface area (Å²) in [6.07, 6.45) is 7.07. The van der Waals surface area contributed by atoms with Gasteiger partial charge in [0.05, 0.1) is 6.54 Å². The number of rotatable bonds is 1. The molecule has 0 aromatic carbocycles. The van der Waals surface area contributed by atoms with Crippen molar-refractivity contribution in [3.8, 4) is 0 Å². The van der Waals surface area contributed by atoms with Gasteiger partial charge in [0, 0.05) is 26.8 Å². The summed E-state index contributed by atoms with van der Waals surface area (Å²) in [4.78, 5) is 13.4. The van der Waals surface area contributed by atoms with Crippen molar-refractivity contribution in [3.63, 3.8) is 0 Å². The molecule has 0 aromatic heterocycles. The first kappa shape index (κ1) is 9.12. The van der Waals surface area contributed by atoms with Crippen LogP contribution in [0.2, 0.25) is 0 Å². The molecule has 2 rings (SSSR count). The van der Waals surface area contributed by atoms with E-state index in [1.165, 1.54) is 0 Å². The van der Waals surface area contributed by atoms with E-state index in [0.29, 0.717) is 0 Å². The first-order valence-electron chi connectivity index (χ1n) is 4.82. The van der Waals surface area contributed by atoms with Crippen LogP contribution in [0.3, 0.4) is 0 Å². The topological polar surface area (TPSA) is 26.8 Å². The van der Waals surface area contributed by atoms with Gasteiger partial charge in [0.25, 0.3) is 5.91 Å². The highest BCUT2D eigenvalue weighted by atomic mass is 16.2. The summed E-state index contributed by atoms with van der Waals surface area (Å²) >= 11 is 0. The van der Waals surface area contributed by atoms with Crippen LogP contribution in [0.4, 0.5) is 0 Å². The van der Waals surface area contributed by atoms with Gasteiger partial charge in [-0.3, -0.25) is 14.8 Å². The van der Waals surface area contributed by atoms with Crippen molar-refractivity contribution in [2.45, 2.75) is 6.42 Å². The van der Waals surface area contributed by atoms with E-state index in [0.717, 1.165) is 25.2 Å². The fourth-order valence-electron chi connectivity index (χ4n) is 1.75. The molecule has 0 aliphatic carbocycles. The van der Waals surface area contributed by atoms with Gasteiger partial charge in [-0.25, -0.2) is 0 Å². The number of nitrogens with zero attached hydrogens (tertiary/aromatic N) is 3. The van der Waals surface area contributed by atoms with Crippen LogP contribution in [-0.4, -0.2) is 48.0 Å². The number of carbonyl (C=O) groups is 1. The lowest BCUT2D eigenvalue weighted by molar-refractivity contribution is -0.128. The molecule has 2 aliphatic heterocycles. The standard InChI is InChI=1S/C10H15N3O/c1-11(2)10(14)9-5-3-6-12-7-4-8-13(9)12/h4-5,7H,3,6,8H2,1-2H3. The molecule has 2 aliphatic rings. The number of likely N-dealkylation sites (N-methyl/N-ethyl adjacent to an activating group) is 1. The van der Waals surface area contributed by atoms with E-state index < -0.39 is 0 Å². The van der Waals surface area contributed by atoms with Gasteiger partial charge in [-0.2, -0.15) is 0 Å². The minimum Gasteiger partial charge on any atom is -0.343 e. The zero-order chi connectivity index (χ0) is 10.1. The lowest BCUT2D eigenvalue weighted by Crippen LogP contribution is -2.43. The number of carbonyl (C=O) groups excluding carboxylic acids is 1. The Kier molecular flexibility index (Phi) is 2.19. The van der Waals surface area contributed by atoms with Crippen molar-refractivity contribution in [3.05, 3.63) is 24.0 Å². The molecule has 0 fully saturated rings. The number of hydrazine groups is 1. The number of amides is 1. The fourth-order valence-corrected chi connectivity index (χ4v) is 1.75. The largest absolute Gasteiger partial charge is 0.343 e. The van der Waals surface area contributed by atoms with Crippen LogP contribution in [0, 0.1) is 0 Å². The zero-order valence-electron chi connectivity index (χ0n) is 8.60. The van der Waals surface area contributed by atoms with E-state index >= 15 is 0 Å². The summed E-state index contributed by atoms with van der Waals surface area (Å²) in [6, 6.07) is 0. The van der Waals surface area contributed by atoms with Crippen molar-refractivity contribution in [2.24, 2.45) is 0 Å². The lowest BCUT2D eigenvalue weighted by Gasteiger charge is -2.36. The first-order chi connectivity index (χ1) is 6.70. The molecule has 4 nitrogen and oxygen atoms in total. The molecular formula is C10H15N3O. The maximum atomic E-state index is 11.8. The molecule has 0 unspecified atom stereocenters. The van der Waals surface area contributed by atoms with Gasteiger partial charge in [-0.05, 0) is 12.5 Å². The second kappa shape index (κ2) is 3.36. The van der Waals surface area contributed by atoms with E-state index in [-0.39, 0.29) is 5.91 Å². The second-order valence-corrected chi connectivity index (χ2v) is 3.71. The minimum absolute atomic E-state index is 0.0819. The zero-order valence-corrected chi connectivity index (χ0v) is 8.60. The van der Waals surface area contributed by atoms with Gasteiger partial charge >= 0.3 is 0 Å². The van der Waals surface area contributed by atoms with Gasteiger partial charge in [-0.1, -0.05) is 6.08 Å². The Hall–Kier alpha value is -1.45. The molecular weight excluding hydrogens is 178 g/mol. The molecule has 1 amide bonds. The maximum Gasteiger partial charge on any atom is 0.271 e. The van der Waals surface area contributed by atoms with Gasteiger partial charge < -0.3 is 4.90 Å². The molecule has 14 heavy (non-hydrogen) atoms. The van der Waals surface area contributed by atoms with Crippen LogP contribution in [0.15, 0.2) is 24.0 Å². The summed E-state index contributed by atoms with van der Waals surface area (Å²) in [5, 5.41) is 4.11. The van der Waals surface area contributed by atoms with Gasteiger partial charge in [0.15, 0.2) is 0 Å². The monoisotopic (exact) mass is 193 g/mol. The Morgan fingerprint density at radius 2 is 2.29 bits per heavy atom. The second-order valence-electron chi connectivity index (χ2n) is 3.71. The number of hydrogen-bond acceptors (Lipinski definition) is 3. The molecule has 0 bridgehead atoms. The molecule has 2 heterocycles. The first-order valence-corrected chi connectivity index (χ1v) is 4.82. The van der Waals surface area contributed by atoms with Crippen LogP contribution < -0.4 is 0 Å². The highest BCUT2D eigenvalue weighted by molar-refractivity contribution is 5.92. The molecule has 0 saturated carbocycles. The third-order valence-corrected chi connectivity index (χ3v) is 2.47. The molecule has 0 atom stereocenters. The van der Waals surface area contributed by atoms with Crippen molar-refractivity contribution in [1.82, 2.24) is 14.9 Å². The van der Waals surface area contributed by atoms with Crippen LogP contribution >= 0.6 is 0 Å². The summed E-state index contributed by atoms with van der Waals surface area (Å²) in [6.45, 7) is 1.78. The van der Waals surface area contributed by atoms with E-state index in [4.69, 9.17) is 0 Å². The number of hydrogen-bond donors (Lipinski definition) is 0. The minimum atomic E-state index is 0.0819. The van der Waals surface area contributed by atoms with Crippen LogP contribution in [-0.2, 0) is 4.79 Å². The van der Waals surface area contributed by atoms with Crippen molar-refractivity contribution < 1.29 is 4.79 Å². The molecule has 0 saturated heterocycles. The SMILES string of the molecule is CN(C)C(=O)C1=CCCN2C=CCN12. The molecule has 76 valence electrons. The highest BCUT2D eigenvalue weighted by Gasteiger charge is 2.27. The molecule has 0 N–H and O–H groups in total. The van der Waals surface area contributed by atoms with Crippen LogP contribution in [0.1, 0.15) is 6.42 Å². The Labute approximate surface area is 84.0 Å². The van der Waals surface area contributed by atoms with Crippen molar-refractivity contribution in [1.29, 1.82) is 0 Å². The van der Waals surface area contributed by atoms with Crippen molar-refractivity contribution >= 4 is 5.91 Å². The predicted molar refractivity (Wildman–Crippen MR) is 53.9 cm³/mol. The van der Waals surface area contributed by atoms with Gasteiger partial charge in [0.2, 0.25) is 0 Å². The highest BCUT2D eigenvalue weighted by Crippen LogP contribution is 2.21. The Morgan fingerprint density at radius 3 is 3.00 bits per heavy atom. The summed E-state index contributed by atoms with van der Waals surface area (Å²) in [5.41, 5.74) is 0.797. The van der Waals surface area contributed by atoms with Gasteiger partial charge in [-0.15, -0.1) is 0 Å². The predicted octanol–water partition coefficient (Wildman–Crippen LogP) is 0.409. The molecule has 0 spiro atoms. The Balaban J connectivity index is 2.19. The maximum absolute atomic E-state index is 11.8. The average Bonchev–Trinajstić information content (AvgIpc) is 2.63. The van der Waals surface area contributed by atoms with E-state index in [9.17, 15) is 4.79 Å². The van der Waals surface area contributed by atoms with Crippen LogP contribution in [0.5, 0.6) is 0 Å². The lowest BCUT2D eigenvalue weighted by atomic mass is 10.2. The summed E-state index contributed by atoms with van der Waals surface area (Å²) in [7, 11) is 3.57. The molecule has 0 aromatic rings. The summed E-state index contributed by atoms with van der Waals surface area (Å²) < 4.78 is 0. The normalized spacial score (nSPS) is 19.4. The summed E-state index contributed by atoms with van der Waals surface area (Å²) in [5.74, 6) is 0.0819. The van der Waals surface area contributed by atoms with E-state index in [2.05, 4.69) is 11.1 Å². The average molecular weight is 193 g/mol. The van der Waals surface area contributed by atoms with Crippen molar-refractivity contribution in [2.75, 3.05) is 27.2 Å². The van der Waals surface area contributed by atoms with Gasteiger partial charge in [0.1, 0.15) is 5.70 Å². The Morgan fingerprint density at radius 1 is 1.50 bits per heavy atom. The van der Waals surface area contributed by atoms with E-state index in [1.807, 2.05) is 17.3 Å².